The van der Waals surface area contributed by atoms with Crippen LogP contribution in [-0.2, 0) is 20.8 Å². The van der Waals surface area contributed by atoms with Crippen LogP contribution in [0.1, 0.15) is 40.2 Å². The molecule has 3 rings (SSSR count). The molecule has 1 amide bonds. The van der Waals surface area contributed by atoms with Crippen LogP contribution in [0.3, 0.4) is 0 Å². The van der Waals surface area contributed by atoms with E-state index >= 15 is 0 Å². The monoisotopic (exact) mass is 445 g/mol. The second-order valence-electron chi connectivity index (χ2n) is 7.34. The van der Waals surface area contributed by atoms with Crippen LogP contribution in [0.5, 0.6) is 0 Å². The van der Waals surface area contributed by atoms with Gasteiger partial charge < -0.3 is 4.90 Å². The molecule has 1 unspecified atom stereocenters. The number of amides is 1. The molecular weight excluding hydrogens is 422 g/mol. The first kappa shape index (κ1) is 22.0. The molecule has 1 atom stereocenters. The number of likely N-dealkylation sites (tertiary alicyclic amines) is 1. The summed E-state index contributed by atoms with van der Waals surface area (Å²) < 4.78 is 37.6. The molecule has 1 N–H and O–H groups in total. The third kappa shape index (κ3) is 5.26. The summed E-state index contributed by atoms with van der Waals surface area (Å²) in [5.41, 5.74) is 2.31. The van der Waals surface area contributed by atoms with Crippen LogP contribution in [0.2, 0.25) is 0 Å². The molecule has 9 heteroatoms. The number of nitriles is 1. The van der Waals surface area contributed by atoms with Gasteiger partial charge >= 0.3 is 0 Å². The Bertz CT molecular complexity index is 1110. The van der Waals surface area contributed by atoms with Gasteiger partial charge in [-0.05, 0) is 54.7 Å². The van der Waals surface area contributed by atoms with Crippen molar-refractivity contribution in [3.63, 3.8) is 0 Å². The standard InChI is InChI=1S/C21H23N3O4S2/c1-29(26)20-8-7-18(13-19(20)23-30(2,27)28)21(25)24-11-9-17(10-12-24)16-5-3-15(14-22)4-6-16/h3-8,13,17,23H,9-12H2,1-2H3. The van der Waals surface area contributed by atoms with Gasteiger partial charge in [0, 0.05) is 24.9 Å². The number of anilines is 1. The number of hydrogen-bond donors (Lipinski definition) is 1. The summed E-state index contributed by atoms with van der Waals surface area (Å²) in [5.74, 6) is 0.146. The first-order valence-corrected chi connectivity index (χ1v) is 12.9. The molecule has 1 aliphatic heterocycles. The van der Waals surface area contributed by atoms with Gasteiger partial charge in [0.05, 0.1) is 39.3 Å². The van der Waals surface area contributed by atoms with Crippen LogP contribution in [-0.4, -0.2) is 49.0 Å². The Hall–Kier alpha value is -2.70. The molecule has 2 aromatic rings. The molecule has 0 aromatic heterocycles. The number of piperidine rings is 1. The Morgan fingerprint density at radius 3 is 2.33 bits per heavy atom. The van der Waals surface area contributed by atoms with Crippen LogP contribution in [0.15, 0.2) is 47.4 Å². The Morgan fingerprint density at radius 2 is 1.80 bits per heavy atom. The maximum Gasteiger partial charge on any atom is 0.253 e. The number of nitrogens with zero attached hydrogens (tertiary/aromatic N) is 2. The van der Waals surface area contributed by atoms with Crippen molar-refractivity contribution in [2.45, 2.75) is 23.7 Å². The van der Waals surface area contributed by atoms with Crippen LogP contribution < -0.4 is 4.72 Å². The van der Waals surface area contributed by atoms with Gasteiger partial charge in [0.1, 0.15) is 0 Å². The first-order chi connectivity index (χ1) is 14.2. The van der Waals surface area contributed by atoms with Crippen LogP contribution in [0.25, 0.3) is 0 Å². The number of carbonyl (C=O) groups excluding carboxylic acids is 1. The lowest BCUT2D eigenvalue weighted by Crippen LogP contribution is -2.38. The van der Waals surface area contributed by atoms with E-state index in [1.807, 2.05) is 24.3 Å². The fraction of sp³-hybridized carbons (Fsp3) is 0.333. The number of nitrogens with one attached hydrogen (secondary N) is 1. The maximum atomic E-state index is 13.0. The summed E-state index contributed by atoms with van der Waals surface area (Å²) in [6.45, 7) is 1.17. The molecule has 1 fully saturated rings. The van der Waals surface area contributed by atoms with Gasteiger partial charge in [-0.25, -0.2) is 8.42 Å². The largest absolute Gasteiger partial charge is 0.339 e. The van der Waals surface area contributed by atoms with Gasteiger partial charge in [-0.15, -0.1) is 0 Å². The molecule has 30 heavy (non-hydrogen) atoms. The quantitative estimate of drug-likeness (QED) is 0.761. The zero-order chi connectivity index (χ0) is 21.9. The summed E-state index contributed by atoms with van der Waals surface area (Å²) in [4.78, 5) is 15.0. The molecular formula is C21H23N3O4S2. The van der Waals surface area contributed by atoms with Crippen LogP contribution in [0.4, 0.5) is 5.69 Å². The lowest BCUT2D eigenvalue weighted by atomic mass is 9.89. The molecule has 158 valence electrons. The number of rotatable bonds is 5. The number of sulfonamides is 1. The minimum Gasteiger partial charge on any atom is -0.339 e. The van der Waals surface area contributed by atoms with E-state index in [0.29, 0.717) is 35.0 Å². The Balaban J connectivity index is 1.73. The summed E-state index contributed by atoms with van der Waals surface area (Å²) in [7, 11) is -4.97. The summed E-state index contributed by atoms with van der Waals surface area (Å²) >= 11 is 0. The second-order valence-corrected chi connectivity index (χ2v) is 10.4. The van der Waals surface area contributed by atoms with E-state index in [-0.39, 0.29) is 11.6 Å². The topological polar surface area (TPSA) is 107 Å². The van der Waals surface area contributed by atoms with Crippen molar-refractivity contribution in [3.05, 3.63) is 59.2 Å². The zero-order valence-corrected chi connectivity index (χ0v) is 18.4. The lowest BCUT2D eigenvalue weighted by Gasteiger charge is -2.32. The predicted molar refractivity (Wildman–Crippen MR) is 116 cm³/mol. The van der Waals surface area contributed by atoms with Crippen molar-refractivity contribution in [1.29, 1.82) is 5.26 Å². The number of carbonyl (C=O) groups is 1. The van der Waals surface area contributed by atoms with E-state index in [2.05, 4.69) is 10.8 Å². The van der Waals surface area contributed by atoms with E-state index in [9.17, 15) is 17.4 Å². The van der Waals surface area contributed by atoms with Gasteiger partial charge in [0.2, 0.25) is 10.0 Å². The normalized spacial score (nSPS) is 16.0. The molecule has 1 saturated heterocycles. The van der Waals surface area contributed by atoms with Gasteiger partial charge in [-0.2, -0.15) is 5.26 Å². The van der Waals surface area contributed by atoms with Gasteiger partial charge in [0.15, 0.2) is 0 Å². The SMILES string of the molecule is CS(=O)c1ccc(C(=O)N2CCC(c3ccc(C#N)cc3)CC2)cc1NS(C)(=O)=O. The summed E-state index contributed by atoms with van der Waals surface area (Å²) in [6, 6.07) is 14.2. The fourth-order valence-electron chi connectivity index (χ4n) is 3.62. The Morgan fingerprint density at radius 1 is 1.17 bits per heavy atom. The average molecular weight is 446 g/mol. The van der Waals surface area contributed by atoms with Crippen molar-refractivity contribution in [1.82, 2.24) is 4.90 Å². The Kier molecular flexibility index (Phi) is 6.58. The molecule has 0 radical (unpaired) electrons. The van der Waals surface area contributed by atoms with Gasteiger partial charge in [-0.1, -0.05) is 12.1 Å². The summed E-state index contributed by atoms with van der Waals surface area (Å²) in [6.07, 6.45) is 4.09. The highest BCUT2D eigenvalue weighted by Crippen LogP contribution is 2.30. The molecule has 1 heterocycles. The van der Waals surface area contributed by atoms with Gasteiger partial charge in [-0.3, -0.25) is 13.7 Å². The second kappa shape index (κ2) is 8.98. The van der Waals surface area contributed by atoms with Crippen molar-refractivity contribution in [2.75, 3.05) is 30.3 Å². The van der Waals surface area contributed by atoms with E-state index in [1.165, 1.54) is 18.4 Å². The highest BCUT2D eigenvalue weighted by atomic mass is 32.2. The lowest BCUT2D eigenvalue weighted by molar-refractivity contribution is 0.0713. The van der Waals surface area contributed by atoms with E-state index < -0.39 is 20.8 Å². The maximum absolute atomic E-state index is 13.0. The molecule has 2 aromatic carbocycles. The van der Waals surface area contributed by atoms with Crippen LogP contribution >= 0.6 is 0 Å². The minimum atomic E-state index is -3.57. The first-order valence-electron chi connectivity index (χ1n) is 9.42. The highest BCUT2D eigenvalue weighted by Gasteiger charge is 2.25. The highest BCUT2D eigenvalue weighted by molar-refractivity contribution is 7.92. The van der Waals surface area contributed by atoms with Crippen molar-refractivity contribution in [2.24, 2.45) is 0 Å². The van der Waals surface area contributed by atoms with Crippen molar-refractivity contribution in [3.8, 4) is 6.07 Å². The summed E-state index contributed by atoms with van der Waals surface area (Å²) in [5, 5.41) is 8.92. The molecule has 0 spiro atoms. The third-order valence-electron chi connectivity index (χ3n) is 5.12. The minimum absolute atomic E-state index is 0.164. The fourth-order valence-corrected chi connectivity index (χ4v) is 4.93. The predicted octanol–water partition coefficient (Wildman–Crippen LogP) is 2.69. The zero-order valence-electron chi connectivity index (χ0n) is 16.8. The molecule has 0 aliphatic carbocycles. The molecule has 0 saturated carbocycles. The van der Waals surface area contributed by atoms with Gasteiger partial charge in [0.25, 0.3) is 5.91 Å². The molecule has 0 bridgehead atoms. The number of hydrogen-bond acceptors (Lipinski definition) is 5. The smallest absolute Gasteiger partial charge is 0.253 e. The third-order valence-corrected chi connectivity index (χ3v) is 6.69. The van der Waals surface area contributed by atoms with Crippen molar-refractivity contribution < 1.29 is 17.4 Å². The molecule has 1 aliphatic rings. The van der Waals surface area contributed by atoms with E-state index in [4.69, 9.17) is 5.26 Å². The Labute approximate surface area is 179 Å². The molecule has 7 nitrogen and oxygen atoms in total. The van der Waals surface area contributed by atoms with Crippen molar-refractivity contribution >= 4 is 32.4 Å². The average Bonchev–Trinajstić information content (AvgIpc) is 2.72. The van der Waals surface area contributed by atoms with E-state index in [1.54, 1.807) is 11.0 Å². The van der Waals surface area contributed by atoms with E-state index in [0.717, 1.165) is 24.7 Å². The van der Waals surface area contributed by atoms with Crippen LogP contribution in [0, 0.1) is 11.3 Å². The number of benzene rings is 2.